The molecule has 0 unspecified atom stereocenters. The predicted octanol–water partition coefficient (Wildman–Crippen LogP) is 1.80. The zero-order valence-electron chi connectivity index (χ0n) is 8.55. The first-order valence-corrected chi connectivity index (χ1v) is 7.52. The number of carbonyl (C=O) groups is 1. The standard InChI is InChI=1S/C9H12N2O3S2/c10-3-1-2-4-11-9(12)7-5-15-6-8(7)16(11,13)14/h13-14H,1-2,4-6H2. The maximum Gasteiger partial charge on any atom is 0.270 e. The second-order valence-electron chi connectivity index (χ2n) is 3.58. The van der Waals surface area contributed by atoms with E-state index in [1.807, 2.05) is 6.07 Å². The number of amides is 1. The highest BCUT2D eigenvalue weighted by atomic mass is 32.3. The lowest BCUT2D eigenvalue weighted by Crippen LogP contribution is -2.31. The summed E-state index contributed by atoms with van der Waals surface area (Å²) in [6, 6.07) is 1.97. The number of hydrogen-bond donors (Lipinski definition) is 2. The van der Waals surface area contributed by atoms with Crippen molar-refractivity contribution in [3.8, 4) is 6.07 Å². The molecule has 0 bridgehead atoms. The van der Waals surface area contributed by atoms with Crippen LogP contribution in [0.1, 0.15) is 12.8 Å². The summed E-state index contributed by atoms with van der Waals surface area (Å²) >= 11 is 1.53. The molecule has 0 fully saturated rings. The van der Waals surface area contributed by atoms with Crippen molar-refractivity contribution in [2.45, 2.75) is 12.8 Å². The van der Waals surface area contributed by atoms with E-state index in [0.29, 0.717) is 34.8 Å². The van der Waals surface area contributed by atoms with Gasteiger partial charge >= 0.3 is 0 Å². The fourth-order valence-electron chi connectivity index (χ4n) is 1.77. The normalized spacial score (nSPS) is 24.6. The van der Waals surface area contributed by atoms with Crippen LogP contribution in [-0.4, -0.2) is 37.4 Å². The Morgan fingerprint density at radius 3 is 2.88 bits per heavy atom. The average Bonchev–Trinajstić information content (AvgIpc) is 2.77. The van der Waals surface area contributed by atoms with Gasteiger partial charge in [-0.1, -0.05) is 10.8 Å². The maximum atomic E-state index is 11.9. The van der Waals surface area contributed by atoms with Gasteiger partial charge in [-0.2, -0.15) is 17.0 Å². The van der Waals surface area contributed by atoms with Crippen LogP contribution >= 0.6 is 22.5 Å². The summed E-state index contributed by atoms with van der Waals surface area (Å²) in [5.74, 6) is 0.828. The molecule has 7 heteroatoms. The second kappa shape index (κ2) is 4.30. The maximum absolute atomic E-state index is 11.9. The number of nitriles is 1. The van der Waals surface area contributed by atoms with Crippen LogP contribution in [0.2, 0.25) is 0 Å². The van der Waals surface area contributed by atoms with Crippen molar-refractivity contribution in [1.82, 2.24) is 4.31 Å². The molecule has 2 rings (SSSR count). The van der Waals surface area contributed by atoms with Crippen molar-refractivity contribution in [3.05, 3.63) is 10.5 Å². The third-order valence-corrected chi connectivity index (χ3v) is 5.77. The molecule has 2 N–H and O–H groups in total. The SMILES string of the molecule is N#CCCCN1C(=O)C2=C(CSC2)S1(O)O. The number of thioether (sulfide) groups is 1. The largest absolute Gasteiger partial charge is 0.278 e. The molecule has 5 nitrogen and oxygen atoms in total. The highest BCUT2D eigenvalue weighted by Crippen LogP contribution is 2.61. The van der Waals surface area contributed by atoms with Crippen LogP contribution < -0.4 is 0 Å². The van der Waals surface area contributed by atoms with Crippen molar-refractivity contribution >= 4 is 28.4 Å². The highest BCUT2D eigenvalue weighted by molar-refractivity contribution is 8.27. The van der Waals surface area contributed by atoms with Crippen molar-refractivity contribution in [3.63, 3.8) is 0 Å². The molecule has 0 aliphatic carbocycles. The summed E-state index contributed by atoms with van der Waals surface area (Å²) in [6.45, 7) is 0.242. The number of unbranched alkanes of at least 4 members (excludes halogenated alkanes) is 1. The minimum absolute atomic E-state index is 0.242. The molecule has 0 spiro atoms. The van der Waals surface area contributed by atoms with Crippen molar-refractivity contribution in [2.75, 3.05) is 18.1 Å². The van der Waals surface area contributed by atoms with E-state index < -0.39 is 10.8 Å². The van der Waals surface area contributed by atoms with Crippen LogP contribution in [0, 0.1) is 11.3 Å². The Balaban J connectivity index is 2.12. The smallest absolute Gasteiger partial charge is 0.270 e. The van der Waals surface area contributed by atoms with E-state index >= 15 is 0 Å². The molecule has 0 aromatic heterocycles. The zero-order chi connectivity index (χ0) is 11.8. The molecular formula is C9H12N2O3S2. The Morgan fingerprint density at radius 1 is 1.50 bits per heavy atom. The van der Waals surface area contributed by atoms with E-state index in [1.54, 1.807) is 0 Å². The second-order valence-corrected chi connectivity index (χ2v) is 6.54. The van der Waals surface area contributed by atoms with E-state index in [0.717, 1.165) is 4.31 Å². The van der Waals surface area contributed by atoms with Crippen LogP contribution in [0.25, 0.3) is 0 Å². The van der Waals surface area contributed by atoms with Gasteiger partial charge in [-0.05, 0) is 6.42 Å². The molecule has 0 aromatic carbocycles. The fraction of sp³-hybridized carbons (Fsp3) is 0.556. The molecule has 0 saturated heterocycles. The predicted molar refractivity (Wildman–Crippen MR) is 63.8 cm³/mol. The summed E-state index contributed by atoms with van der Waals surface area (Å²) in [6.07, 6.45) is 0.796. The van der Waals surface area contributed by atoms with Gasteiger partial charge in [-0.15, -0.1) is 0 Å². The monoisotopic (exact) mass is 260 g/mol. The van der Waals surface area contributed by atoms with Gasteiger partial charge in [-0.3, -0.25) is 13.9 Å². The van der Waals surface area contributed by atoms with Gasteiger partial charge in [0.05, 0.1) is 16.5 Å². The van der Waals surface area contributed by atoms with Crippen LogP contribution in [0.5, 0.6) is 0 Å². The van der Waals surface area contributed by atoms with Gasteiger partial charge in [0.25, 0.3) is 5.91 Å². The number of nitrogens with zero attached hydrogens (tertiary/aromatic N) is 2. The molecule has 2 aliphatic heterocycles. The average molecular weight is 260 g/mol. The van der Waals surface area contributed by atoms with E-state index in [1.165, 1.54) is 11.8 Å². The zero-order valence-corrected chi connectivity index (χ0v) is 10.2. The molecule has 0 radical (unpaired) electrons. The summed E-state index contributed by atoms with van der Waals surface area (Å²) < 4.78 is 21.1. The third-order valence-electron chi connectivity index (χ3n) is 2.59. The quantitative estimate of drug-likeness (QED) is 0.756. The van der Waals surface area contributed by atoms with Gasteiger partial charge < -0.3 is 0 Å². The number of hydrogen-bond acceptors (Lipinski definition) is 5. The van der Waals surface area contributed by atoms with Gasteiger partial charge in [0.1, 0.15) is 0 Å². The van der Waals surface area contributed by atoms with Gasteiger partial charge in [0.15, 0.2) is 0 Å². The first-order valence-electron chi connectivity index (χ1n) is 4.86. The first-order chi connectivity index (χ1) is 7.59. The Bertz CT molecular complexity index is 400. The Kier molecular flexibility index (Phi) is 3.17. The summed E-state index contributed by atoms with van der Waals surface area (Å²) in [4.78, 5) is 12.4. The Morgan fingerprint density at radius 2 is 2.25 bits per heavy atom. The molecule has 88 valence electrons. The molecule has 16 heavy (non-hydrogen) atoms. The van der Waals surface area contributed by atoms with Gasteiger partial charge in [-0.25, -0.2) is 4.31 Å². The van der Waals surface area contributed by atoms with Crippen LogP contribution in [0.15, 0.2) is 10.5 Å². The molecule has 0 atom stereocenters. The lowest BCUT2D eigenvalue weighted by atomic mass is 10.2. The molecule has 0 saturated carbocycles. The van der Waals surface area contributed by atoms with Crippen molar-refractivity contribution in [2.24, 2.45) is 0 Å². The van der Waals surface area contributed by atoms with E-state index in [9.17, 15) is 13.9 Å². The first kappa shape index (κ1) is 11.8. The van der Waals surface area contributed by atoms with Crippen LogP contribution in [0.3, 0.4) is 0 Å². The molecular weight excluding hydrogens is 248 g/mol. The van der Waals surface area contributed by atoms with E-state index in [2.05, 4.69) is 0 Å². The molecule has 1 amide bonds. The molecule has 2 aliphatic rings. The number of rotatable bonds is 3. The Labute approximate surface area is 99.6 Å². The minimum Gasteiger partial charge on any atom is -0.278 e. The Hall–Kier alpha value is -0.680. The summed E-state index contributed by atoms with van der Waals surface area (Å²) in [7, 11) is -3.06. The highest BCUT2D eigenvalue weighted by Gasteiger charge is 2.45. The van der Waals surface area contributed by atoms with E-state index in [-0.39, 0.29) is 12.5 Å². The van der Waals surface area contributed by atoms with Crippen molar-refractivity contribution in [1.29, 1.82) is 5.26 Å². The van der Waals surface area contributed by atoms with Crippen LogP contribution in [-0.2, 0) is 4.79 Å². The molecule has 2 heterocycles. The lowest BCUT2D eigenvalue weighted by Gasteiger charge is -2.38. The molecule has 0 aromatic rings. The van der Waals surface area contributed by atoms with Gasteiger partial charge in [0.2, 0.25) is 0 Å². The van der Waals surface area contributed by atoms with Gasteiger partial charge in [0, 0.05) is 24.5 Å². The lowest BCUT2D eigenvalue weighted by molar-refractivity contribution is -0.122. The fourth-order valence-corrected chi connectivity index (χ4v) is 5.19. The van der Waals surface area contributed by atoms with Crippen LogP contribution in [0.4, 0.5) is 0 Å². The number of carbonyl (C=O) groups excluding carboxylic acids is 1. The minimum atomic E-state index is -3.06. The summed E-state index contributed by atoms with van der Waals surface area (Å²) in [5.41, 5.74) is 0.557. The topological polar surface area (TPSA) is 84.6 Å². The third kappa shape index (κ3) is 1.72. The van der Waals surface area contributed by atoms with E-state index in [4.69, 9.17) is 5.26 Å². The summed E-state index contributed by atoms with van der Waals surface area (Å²) in [5, 5.41) is 8.41. The van der Waals surface area contributed by atoms with Crippen molar-refractivity contribution < 1.29 is 13.9 Å².